The number of hydrogen-bond acceptors (Lipinski definition) is 3. The van der Waals surface area contributed by atoms with Crippen LogP contribution in [0.1, 0.15) is 23.7 Å². The van der Waals surface area contributed by atoms with E-state index in [-0.39, 0.29) is 29.1 Å². The van der Waals surface area contributed by atoms with Gasteiger partial charge in [0, 0.05) is 23.5 Å². The van der Waals surface area contributed by atoms with E-state index < -0.39 is 11.1 Å². The molecular weight excluding hydrogens is 291 g/mol. The molecule has 1 atom stereocenters. The number of alkyl halides is 3. The van der Waals surface area contributed by atoms with Gasteiger partial charge >= 0.3 is 5.51 Å². The molecule has 1 aromatic carbocycles. The highest BCUT2D eigenvalue weighted by Crippen LogP contribution is 2.36. The van der Waals surface area contributed by atoms with Gasteiger partial charge in [0.15, 0.2) is 0 Å². The molecule has 1 N–H and O–H groups in total. The van der Waals surface area contributed by atoms with Gasteiger partial charge in [0.1, 0.15) is 0 Å². The average Bonchev–Trinajstić information content (AvgIpc) is 2.68. The molecule has 1 heterocycles. The van der Waals surface area contributed by atoms with Crippen LogP contribution in [0.3, 0.4) is 0 Å². The Morgan fingerprint density at radius 2 is 1.95 bits per heavy atom. The zero-order valence-electron chi connectivity index (χ0n) is 10.8. The molecule has 110 valence electrons. The number of thioether (sulfide) groups is 1. The number of halogens is 3. The summed E-state index contributed by atoms with van der Waals surface area (Å²) in [5.41, 5.74) is -4.89. The summed E-state index contributed by atoms with van der Waals surface area (Å²) in [5, 5.41) is 9.81. The summed E-state index contributed by atoms with van der Waals surface area (Å²) < 4.78 is 36.6. The van der Waals surface area contributed by atoms with Gasteiger partial charge in [0.05, 0.1) is 5.60 Å². The lowest BCUT2D eigenvalue weighted by molar-refractivity contribution is -0.0328. The Kier molecular flexibility index (Phi) is 4.02. The summed E-state index contributed by atoms with van der Waals surface area (Å²) in [5.74, 6) is -0.272. The molecule has 1 amide bonds. The van der Waals surface area contributed by atoms with Crippen molar-refractivity contribution in [2.75, 3.05) is 13.1 Å². The molecule has 0 bridgehead atoms. The minimum Gasteiger partial charge on any atom is -0.388 e. The van der Waals surface area contributed by atoms with Crippen LogP contribution in [0.25, 0.3) is 0 Å². The number of likely N-dealkylation sites (tertiary alicyclic amines) is 1. The number of rotatable bonds is 2. The van der Waals surface area contributed by atoms with Gasteiger partial charge in [-0.25, -0.2) is 0 Å². The van der Waals surface area contributed by atoms with Crippen LogP contribution in [0.2, 0.25) is 0 Å². The van der Waals surface area contributed by atoms with Crippen LogP contribution in [0.15, 0.2) is 29.2 Å². The van der Waals surface area contributed by atoms with E-state index in [2.05, 4.69) is 0 Å². The van der Waals surface area contributed by atoms with Gasteiger partial charge in [-0.3, -0.25) is 4.79 Å². The van der Waals surface area contributed by atoms with Crippen LogP contribution < -0.4 is 0 Å². The number of carbonyl (C=O) groups is 1. The minimum atomic E-state index is -4.33. The monoisotopic (exact) mass is 305 g/mol. The number of aliphatic hydroxyl groups is 1. The largest absolute Gasteiger partial charge is 0.446 e. The fourth-order valence-electron chi connectivity index (χ4n) is 2.10. The summed E-state index contributed by atoms with van der Waals surface area (Å²) in [7, 11) is 0. The molecule has 0 saturated carbocycles. The van der Waals surface area contributed by atoms with Crippen molar-refractivity contribution in [2.24, 2.45) is 0 Å². The molecule has 2 rings (SSSR count). The van der Waals surface area contributed by atoms with Crippen molar-refractivity contribution in [3.8, 4) is 0 Å². The van der Waals surface area contributed by atoms with Crippen LogP contribution in [0.5, 0.6) is 0 Å². The second-order valence-electron chi connectivity index (χ2n) is 5.05. The van der Waals surface area contributed by atoms with Gasteiger partial charge in [-0.05, 0) is 49.4 Å². The second-order valence-corrected chi connectivity index (χ2v) is 6.18. The Labute approximate surface area is 118 Å². The van der Waals surface area contributed by atoms with Crippen molar-refractivity contribution in [1.82, 2.24) is 4.90 Å². The maximum Gasteiger partial charge on any atom is 0.446 e. The molecule has 0 aliphatic carbocycles. The normalized spacial score (nSPS) is 23.1. The zero-order valence-corrected chi connectivity index (χ0v) is 11.6. The highest BCUT2D eigenvalue weighted by atomic mass is 32.2. The Bertz CT molecular complexity index is 499. The topological polar surface area (TPSA) is 40.5 Å². The van der Waals surface area contributed by atoms with E-state index in [1.165, 1.54) is 29.2 Å². The van der Waals surface area contributed by atoms with E-state index in [0.717, 1.165) is 0 Å². The second kappa shape index (κ2) is 5.29. The third kappa shape index (κ3) is 3.89. The maximum absolute atomic E-state index is 12.2. The SMILES string of the molecule is CC1(O)CCN(C(=O)c2ccc(SC(F)(F)F)cc2)C1. The number of amides is 1. The molecule has 0 aromatic heterocycles. The summed E-state index contributed by atoms with van der Waals surface area (Å²) in [6.07, 6.45) is 0.501. The lowest BCUT2D eigenvalue weighted by atomic mass is 10.1. The highest BCUT2D eigenvalue weighted by Gasteiger charge is 2.34. The average molecular weight is 305 g/mol. The van der Waals surface area contributed by atoms with E-state index in [1.54, 1.807) is 6.92 Å². The third-order valence-corrected chi connectivity index (χ3v) is 3.81. The Morgan fingerprint density at radius 1 is 1.35 bits per heavy atom. The van der Waals surface area contributed by atoms with Gasteiger partial charge in [-0.1, -0.05) is 0 Å². The fourth-order valence-corrected chi connectivity index (χ4v) is 2.64. The van der Waals surface area contributed by atoms with E-state index in [1.807, 2.05) is 0 Å². The van der Waals surface area contributed by atoms with E-state index in [9.17, 15) is 23.1 Å². The quantitative estimate of drug-likeness (QED) is 0.854. The molecule has 20 heavy (non-hydrogen) atoms. The first-order valence-electron chi connectivity index (χ1n) is 6.04. The van der Waals surface area contributed by atoms with Crippen molar-refractivity contribution in [3.63, 3.8) is 0 Å². The fraction of sp³-hybridized carbons (Fsp3) is 0.462. The minimum absolute atomic E-state index is 0.0440. The number of nitrogens with zero attached hydrogens (tertiary/aromatic N) is 1. The predicted octanol–water partition coefficient (Wildman–Crippen LogP) is 2.90. The molecule has 3 nitrogen and oxygen atoms in total. The van der Waals surface area contributed by atoms with Crippen LogP contribution in [0, 0.1) is 0 Å². The highest BCUT2D eigenvalue weighted by molar-refractivity contribution is 8.00. The van der Waals surface area contributed by atoms with E-state index in [0.29, 0.717) is 18.5 Å². The molecule has 1 aliphatic rings. The van der Waals surface area contributed by atoms with Gasteiger partial charge in [0.2, 0.25) is 0 Å². The molecule has 7 heteroatoms. The van der Waals surface area contributed by atoms with Crippen molar-refractivity contribution in [1.29, 1.82) is 0 Å². The first kappa shape index (κ1) is 15.2. The first-order chi connectivity index (χ1) is 9.16. The van der Waals surface area contributed by atoms with Crippen molar-refractivity contribution in [2.45, 2.75) is 29.3 Å². The van der Waals surface area contributed by atoms with Gasteiger partial charge in [-0.2, -0.15) is 13.2 Å². The molecule has 1 saturated heterocycles. The summed E-state index contributed by atoms with van der Waals surface area (Å²) in [4.78, 5) is 13.7. The van der Waals surface area contributed by atoms with Gasteiger partial charge in [-0.15, -0.1) is 0 Å². The number of β-amino-alcohol motifs (C(OH)–C–C–N with tert-alkyl or cyclic N) is 1. The van der Waals surface area contributed by atoms with Crippen LogP contribution >= 0.6 is 11.8 Å². The molecular formula is C13H14F3NO2S. The maximum atomic E-state index is 12.2. The summed E-state index contributed by atoms with van der Waals surface area (Å²) >= 11 is -0.212. The molecule has 1 unspecified atom stereocenters. The van der Waals surface area contributed by atoms with E-state index in [4.69, 9.17) is 0 Å². The molecule has 1 aromatic rings. The van der Waals surface area contributed by atoms with Crippen molar-refractivity contribution >= 4 is 17.7 Å². The van der Waals surface area contributed by atoms with E-state index >= 15 is 0 Å². The summed E-state index contributed by atoms with van der Waals surface area (Å²) in [6.45, 7) is 2.35. The first-order valence-corrected chi connectivity index (χ1v) is 6.85. The Balaban J connectivity index is 2.05. The van der Waals surface area contributed by atoms with Crippen LogP contribution in [-0.2, 0) is 0 Å². The molecule has 1 fully saturated rings. The summed E-state index contributed by atoms with van der Waals surface area (Å²) in [6, 6.07) is 5.31. The van der Waals surface area contributed by atoms with Crippen molar-refractivity contribution < 1.29 is 23.1 Å². The molecule has 0 radical (unpaired) electrons. The van der Waals surface area contributed by atoms with Crippen LogP contribution in [-0.4, -0.2) is 40.1 Å². The standard InChI is InChI=1S/C13H14F3NO2S/c1-12(19)6-7-17(8-12)11(18)9-2-4-10(5-3-9)20-13(14,15)16/h2-5,19H,6-8H2,1H3. The third-order valence-electron chi connectivity index (χ3n) is 3.07. The molecule has 1 aliphatic heterocycles. The van der Waals surface area contributed by atoms with Gasteiger partial charge < -0.3 is 10.0 Å². The van der Waals surface area contributed by atoms with Crippen LogP contribution in [0.4, 0.5) is 13.2 Å². The Hall–Kier alpha value is -1.21. The lowest BCUT2D eigenvalue weighted by Crippen LogP contribution is -2.33. The molecule has 0 spiro atoms. The Morgan fingerprint density at radius 3 is 2.40 bits per heavy atom. The smallest absolute Gasteiger partial charge is 0.388 e. The zero-order chi connectivity index (χ0) is 15.0. The van der Waals surface area contributed by atoms with Crippen molar-refractivity contribution in [3.05, 3.63) is 29.8 Å². The lowest BCUT2D eigenvalue weighted by Gasteiger charge is -2.19. The predicted molar refractivity (Wildman–Crippen MR) is 69.5 cm³/mol. The number of carbonyl (C=O) groups excluding carboxylic acids is 1. The van der Waals surface area contributed by atoms with Gasteiger partial charge in [0.25, 0.3) is 5.91 Å². The number of hydrogen-bond donors (Lipinski definition) is 1. The number of benzene rings is 1.